The SMILES string of the molecule is COc1ccc(C2=NO[C@@H]3[C@H]4C[C@@H]([C@H]23)[C@@H]2C(=O)N(c3c(C)cccc3C)C(=O)[C@@H]42)cc1. The van der Waals surface area contributed by atoms with Crippen molar-refractivity contribution in [3.8, 4) is 5.75 Å². The Labute approximate surface area is 180 Å². The molecule has 0 aromatic heterocycles. The van der Waals surface area contributed by atoms with Crippen molar-refractivity contribution in [2.45, 2.75) is 26.4 Å². The van der Waals surface area contributed by atoms with E-state index in [0.29, 0.717) is 0 Å². The summed E-state index contributed by atoms with van der Waals surface area (Å²) in [6.45, 7) is 3.91. The lowest BCUT2D eigenvalue weighted by Crippen LogP contribution is -2.41. The molecule has 6 atom stereocenters. The van der Waals surface area contributed by atoms with E-state index >= 15 is 0 Å². The van der Waals surface area contributed by atoms with E-state index in [9.17, 15) is 9.59 Å². The van der Waals surface area contributed by atoms with E-state index in [-0.39, 0.29) is 47.5 Å². The minimum Gasteiger partial charge on any atom is -0.497 e. The van der Waals surface area contributed by atoms with Gasteiger partial charge in [0.25, 0.3) is 0 Å². The lowest BCUT2D eigenvalue weighted by molar-refractivity contribution is -0.125. The second kappa shape index (κ2) is 6.42. The minimum atomic E-state index is -0.303. The van der Waals surface area contributed by atoms with Gasteiger partial charge in [0.15, 0.2) is 0 Å². The van der Waals surface area contributed by atoms with Gasteiger partial charge in [0.2, 0.25) is 11.8 Å². The highest BCUT2D eigenvalue weighted by molar-refractivity contribution is 6.23. The van der Waals surface area contributed by atoms with Gasteiger partial charge < -0.3 is 9.57 Å². The maximum Gasteiger partial charge on any atom is 0.238 e. The van der Waals surface area contributed by atoms with Crippen LogP contribution in [-0.4, -0.2) is 30.7 Å². The Morgan fingerprint density at radius 3 is 2.23 bits per heavy atom. The summed E-state index contributed by atoms with van der Waals surface area (Å²) in [5.41, 5.74) is 4.53. The molecule has 6 heteroatoms. The Kier molecular flexibility index (Phi) is 3.86. The van der Waals surface area contributed by atoms with Gasteiger partial charge in [-0.3, -0.25) is 9.59 Å². The highest BCUT2D eigenvalue weighted by atomic mass is 16.6. The van der Waals surface area contributed by atoms with E-state index in [4.69, 9.17) is 9.57 Å². The molecule has 2 aromatic carbocycles. The van der Waals surface area contributed by atoms with Crippen molar-refractivity contribution >= 4 is 23.2 Å². The fraction of sp³-hybridized carbons (Fsp3) is 0.400. The Bertz CT molecular complexity index is 1120. The third-order valence-corrected chi connectivity index (χ3v) is 7.74. The number of para-hydroxylation sites is 1. The summed E-state index contributed by atoms with van der Waals surface area (Å²) in [7, 11) is 1.64. The van der Waals surface area contributed by atoms with Crippen LogP contribution >= 0.6 is 0 Å². The Morgan fingerprint density at radius 2 is 1.58 bits per heavy atom. The second-order valence-electron chi connectivity index (χ2n) is 9.17. The molecular formula is C25H24N2O4. The smallest absolute Gasteiger partial charge is 0.238 e. The molecule has 1 saturated heterocycles. The Hall–Kier alpha value is -3.15. The number of oxime groups is 1. The van der Waals surface area contributed by atoms with Crippen molar-refractivity contribution in [3.05, 3.63) is 59.2 Å². The average Bonchev–Trinajstić information content (AvgIpc) is 3.50. The van der Waals surface area contributed by atoms with Gasteiger partial charge in [0, 0.05) is 17.4 Å². The molecule has 0 unspecified atom stereocenters. The predicted molar refractivity (Wildman–Crippen MR) is 115 cm³/mol. The largest absolute Gasteiger partial charge is 0.497 e. The molecule has 158 valence electrons. The van der Waals surface area contributed by atoms with Crippen LogP contribution in [0.25, 0.3) is 0 Å². The molecular weight excluding hydrogens is 392 g/mol. The van der Waals surface area contributed by atoms with Crippen molar-refractivity contribution < 1.29 is 19.2 Å². The van der Waals surface area contributed by atoms with Gasteiger partial charge in [-0.05, 0) is 61.6 Å². The molecule has 2 saturated carbocycles. The van der Waals surface area contributed by atoms with Crippen LogP contribution in [0.2, 0.25) is 0 Å². The first-order chi connectivity index (χ1) is 15.0. The van der Waals surface area contributed by atoms with Gasteiger partial charge in [0.05, 0.1) is 30.3 Å². The number of imide groups is 1. The Morgan fingerprint density at radius 1 is 0.935 bits per heavy atom. The number of hydrogen-bond donors (Lipinski definition) is 0. The minimum absolute atomic E-state index is 0.0327. The molecule has 0 spiro atoms. The van der Waals surface area contributed by atoms with Crippen LogP contribution in [0.5, 0.6) is 5.75 Å². The van der Waals surface area contributed by atoms with Crippen LogP contribution in [0.3, 0.4) is 0 Å². The molecule has 31 heavy (non-hydrogen) atoms. The van der Waals surface area contributed by atoms with Crippen LogP contribution in [-0.2, 0) is 14.4 Å². The van der Waals surface area contributed by atoms with E-state index in [1.165, 1.54) is 4.90 Å². The molecule has 2 aliphatic carbocycles. The maximum atomic E-state index is 13.6. The molecule has 4 aliphatic rings. The summed E-state index contributed by atoms with van der Waals surface area (Å²) in [5.74, 6) is 0.229. The third-order valence-electron chi connectivity index (χ3n) is 7.74. The van der Waals surface area contributed by atoms with E-state index in [1.54, 1.807) is 7.11 Å². The molecule has 2 aliphatic heterocycles. The van der Waals surface area contributed by atoms with E-state index in [2.05, 4.69) is 5.16 Å². The van der Waals surface area contributed by atoms with Gasteiger partial charge in [-0.25, -0.2) is 4.90 Å². The van der Waals surface area contributed by atoms with Crippen LogP contribution < -0.4 is 9.64 Å². The number of hydrogen-bond acceptors (Lipinski definition) is 5. The number of nitrogens with zero attached hydrogens (tertiary/aromatic N) is 2. The number of rotatable bonds is 3. The quantitative estimate of drug-likeness (QED) is 0.719. The number of methoxy groups -OCH3 is 1. The summed E-state index contributed by atoms with van der Waals surface area (Å²) in [4.78, 5) is 34.5. The van der Waals surface area contributed by atoms with Gasteiger partial charge >= 0.3 is 0 Å². The van der Waals surface area contributed by atoms with Crippen molar-refractivity contribution in [2.75, 3.05) is 12.0 Å². The number of fused-ring (bicyclic) bond motifs is 8. The van der Waals surface area contributed by atoms with Gasteiger partial charge in [0.1, 0.15) is 11.9 Å². The number of aryl methyl sites for hydroxylation is 2. The monoisotopic (exact) mass is 416 g/mol. The maximum absolute atomic E-state index is 13.6. The third kappa shape index (κ3) is 2.36. The standard InChI is InChI=1S/C25H24N2O4/c1-12-5-4-6-13(2)22(12)27-24(28)18-16-11-17(19(18)25(27)29)23-20(16)21(26-31-23)14-7-9-15(30-3)10-8-14/h4-10,16-20,23H,11H2,1-3H3/t16-,17+,18+,19+,20-,23-/m1/s1. The van der Waals surface area contributed by atoms with Crippen molar-refractivity contribution in [1.29, 1.82) is 0 Å². The number of benzene rings is 2. The second-order valence-corrected chi connectivity index (χ2v) is 9.17. The molecule has 2 aromatic rings. The molecule has 0 radical (unpaired) electrons. The first-order valence-electron chi connectivity index (χ1n) is 10.8. The van der Waals surface area contributed by atoms with Crippen LogP contribution in [0.4, 0.5) is 5.69 Å². The average molecular weight is 416 g/mol. The summed E-state index contributed by atoms with van der Waals surface area (Å²) < 4.78 is 5.26. The number of carbonyl (C=O) groups excluding carboxylic acids is 2. The number of amides is 2. The molecule has 2 bridgehead atoms. The zero-order chi connectivity index (χ0) is 21.4. The number of ether oxygens (including phenoxy) is 1. The fourth-order valence-corrected chi connectivity index (χ4v) is 6.51. The zero-order valence-electron chi connectivity index (χ0n) is 17.7. The van der Waals surface area contributed by atoms with E-state index < -0.39 is 0 Å². The van der Waals surface area contributed by atoms with Gasteiger partial charge in [-0.2, -0.15) is 0 Å². The summed E-state index contributed by atoms with van der Waals surface area (Å²) in [5, 5.41) is 4.41. The van der Waals surface area contributed by atoms with Crippen LogP contribution in [0.15, 0.2) is 47.6 Å². The molecule has 6 nitrogen and oxygen atoms in total. The first kappa shape index (κ1) is 18.6. The lowest BCUT2D eigenvalue weighted by atomic mass is 9.71. The van der Waals surface area contributed by atoms with Gasteiger partial charge in [-0.15, -0.1) is 0 Å². The van der Waals surface area contributed by atoms with E-state index in [0.717, 1.165) is 40.3 Å². The summed E-state index contributed by atoms with van der Waals surface area (Å²) >= 11 is 0. The van der Waals surface area contributed by atoms with Crippen molar-refractivity contribution in [2.24, 2.45) is 34.7 Å². The number of carbonyl (C=O) groups is 2. The molecule has 2 amide bonds. The first-order valence-corrected chi connectivity index (χ1v) is 10.8. The molecule has 2 heterocycles. The van der Waals surface area contributed by atoms with Crippen molar-refractivity contribution in [1.82, 2.24) is 0 Å². The normalized spacial score (nSPS) is 32.7. The van der Waals surface area contributed by atoms with Crippen LogP contribution in [0, 0.1) is 43.4 Å². The summed E-state index contributed by atoms with van der Waals surface area (Å²) in [6.07, 6.45) is 0.718. The Balaban J connectivity index is 1.36. The lowest BCUT2D eigenvalue weighted by Gasteiger charge is -2.29. The fourth-order valence-electron chi connectivity index (χ4n) is 6.51. The summed E-state index contributed by atoms with van der Waals surface area (Å²) in [6, 6.07) is 13.7. The molecule has 3 fully saturated rings. The number of anilines is 1. The van der Waals surface area contributed by atoms with Crippen molar-refractivity contribution in [3.63, 3.8) is 0 Å². The van der Waals surface area contributed by atoms with E-state index in [1.807, 2.05) is 56.3 Å². The molecule has 6 rings (SSSR count). The zero-order valence-corrected chi connectivity index (χ0v) is 17.7. The predicted octanol–water partition coefficient (Wildman–Crippen LogP) is 3.49. The highest BCUT2D eigenvalue weighted by Gasteiger charge is 2.70. The molecule has 0 N–H and O–H groups in total. The topological polar surface area (TPSA) is 68.2 Å². The highest BCUT2D eigenvalue weighted by Crippen LogP contribution is 2.62. The van der Waals surface area contributed by atoms with Gasteiger partial charge in [-0.1, -0.05) is 23.4 Å². The van der Waals surface area contributed by atoms with Crippen LogP contribution in [0.1, 0.15) is 23.1 Å².